The molecular weight excluding hydrogens is 198 g/mol. The molecule has 1 aromatic rings. The van der Waals surface area contributed by atoms with Gasteiger partial charge in [0.05, 0.1) is 0 Å². The predicted molar refractivity (Wildman–Crippen MR) is 69.4 cm³/mol. The predicted octanol–water partition coefficient (Wildman–Crippen LogP) is 3.43. The third kappa shape index (κ3) is 3.37. The van der Waals surface area contributed by atoms with Crippen molar-refractivity contribution in [3.63, 3.8) is 0 Å². The van der Waals surface area contributed by atoms with Crippen LogP contribution in [0.5, 0.6) is 0 Å². The number of hydrogen-bond acceptors (Lipinski definition) is 2. The minimum atomic E-state index is 0.783. The number of aldehydes is 1. The molecule has 0 N–H and O–H groups in total. The highest BCUT2D eigenvalue weighted by Crippen LogP contribution is 2.17. The molecule has 0 saturated carbocycles. The lowest BCUT2D eigenvalue weighted by molar-refractivity contribution is 0.112. The van der Waals surface area contributed by atoms with E-state index in [1.54, 1.807) is 0 Å². The number of carbonyl (C=O) groups excluding carboxylic acids is 1. The molecule has 1 aromatic carbocycles. The summed E-state index contributed by atoms with van der Waals surface area (Å²) < 4.78 is 0. The molecule has 2 heteroatoms. The highest BCUT2D eigenvalue weighted by Gasteiger charge is 2.03. The number of aryl methyl sites for hydroxylation is 1. The van der Waals surface area contributed by atoms with Crippen LogP contribution in [0, 0.1) is 6.92 Å². The van der Waals surface area contributed by atoms with Crippen LogP contribution in [-0.2, 0) is 0 Å². The molecule has 1 rings (SSSR count). The quantitative estimate of drug-likeness (QED) is 0.539. The summed E-state index contributed by atoms with van der Waals surface area (Å²) in [5, 5.41) is 0. The van der Waals surface area contributed by atoms with Crippen molar-refractivity contribution in [1.82, 2.24) is 0 Å². The first-order valence-electron chi connectivity index (χ1n) is 5.96. The fraction of sp³-hybridized carbons (Fsp3) is 0.500. The van der Waals surface area contributed by atoms with Crippen molar-refractivity contribution in [3.05, 3.63) is 29.3 Å². The van der Waals surface area contributed by atoms with Crippen molar-refractivity contribution in [2.75, 3.05) is 18.5 Å². The van der Waals surface area contributed by atoms with Crippen LogP contribution >= 0.6 is 0 Å². The molecular formula is C14H21NO. The van der Waals surface area contributed by atoms with Gasteiger partial charge >= 0.3 is 0 Å². The Morgan fingerprint density at radius 1 is 1.31 bits per heavy atom. The zero-order valence-corrected chi connectivity index (χ0v) is 10.5. The Balaban J connectivity index is 2.65. The third-order valence-corrected chi connectivity index (χ3v) is 2.92. The van der Waals surface area contributed by atoms with Gasteiger partial charge in [0.25, 0.3) is 0 Å². The zero-order chi connectivity index (χ0) is 12.0. The molecule has 88 valence electrons. The van der Waals surface area contributed by atoms with Gasteiger partial charge in [-0.2, -0.15) is 0 Å². The van der Waals surface area contributed by atoms with Crippen LogP contribution in [0.4, 0.5) is 5.69 Å². The normalized spacial score (nSPS) is 10.2. The lowest BCUT2D eigenvalue weighted by Gasteiger charge is -2.20. The Hall–Kier alpha value is -1.31. The minimum Gasteiger partial charge on any atom is -0.375 e. The zero-order valence-electron chi connectivity index (χ0n) is 10.5. The average Bonchev–Trinajstić information content (AvgIpc) is 2.29. The highest BCUT2D eigenvalue weighted by molar-refractivity contribution is 5.78. The summed E-state index contributed by atoms with van der Waals surface area (Å²) in [7, 11) is 2.10. The Labute approximate surface area is 98.3 Å². The first-order valence-corrected chi connectivity index (χ1v) is 5.96. The smallest absolute Gasteiger partial charge is 0.150 e. The number of nitrogens with zero attached hydrogens (tertiary/aromatic N) is 1. The monoisotopic (exact) mass is 219 g/mol. The van der Waals surface area contributed by atoms with Crippen molar-refractivity contribution in [2.45, 2.75) is 33.1 Å². The second-order valence-corrected chi connectivity index (χ2v) is 4.29. The van der Waals surface area contributed by atoms with Crippen LogP contribution in [0.2, 0.25) is 0 Å². The molecule has 0 atom stereocenters. The molecule has 0 aliphatic carbocycles. The maximum atomic E-state index is 10.7. The van der Waals surface area contributed by atoms with E-state index in [0.717, 1.165) is 24.0 Å². The Morgan fingerprint density at radius 3 is 2.62 bits per heavy atom. The van der Waals surface area contributed by atoms with Crippen LogP contribution < -0.4 is 4.90 Å². The summed E-state index contributed by atoms with van der Waals surface area (Å²) in [6.45, 7) is 5.27. The van der Waals surface area contributed by atoms with Gasteiger partial charge in [0.15, 0.2) is 0 Å². The van der Waals surface area contributed by atoms with Crippen molar-refractivity contribution < 1.29 is 4.79 Å². The van der Waals surface area contributed by atoms with Gasteiger partial charge in [-0.25, -0.2) is 0 Å². The third-order valence-electron chi connectivity index (χ3n) is 2.92. The second-order valence-electron chi connectivity index (χ2n) is 4.29. The van der Waals surface area contributed by atoms with Gasteiger partial charge in [-0.05, 0) is 37.1 Å². The van der Waals surface area contributed by atoms with Crippen molar-refractivity contribution in [3.8, 4) is 0 Å². The van der Waals surface area contributed by atoms with Gasteiger partial charge in [0, 0.05) is 24.8 Å². The molecule has 0 radical (unpaired) electrons. The first kappa shape index (κ1) is 12.8. The number of rotatable bonds is 6. The average molecular weight is 219 g/mol. The highest BCUT2D eigenvalue weighted by atomic mass is 16.1. The Bertz CT molecular complexity index is 347. The molecule has 0 aromatic heterocycles. The van der Waals surface area contributed by atoms with Gasteiger partial charge in [-0.3, -0.25) is 4.79 Å². The van der Waals surface area contributed by atoms with E-state index in [-0.39, 0.29) is 0 Å². The number of benzene rings is 1. The lowest BCUT2D eigenvalue weighted by atomic mass is 10.1. The summed E-state index contributed by atoms with van der Waals surface area (Å²) in [6, 6.07) is 5.99. The summed E-state index contributed by atoms with van der Waals surface area (Å²) in [5.74, 6) is 0. The Kier molecular flexibility index (Phi) is 5.03. The van der Waals surface area contributed by atoms with E-state index in [4.69, 9.17) is 0 Å². The molecule has 0 fully saturated rings. The second kappa shape index (κ2) is 6.31. The molecule has 0 unspecified atom stereocenters. The van der Waals surface area contributed by atoms with Crippen LogP contribution in [-0.4, -0.2) is 19.9 Å². The molecule has 0 bridgehead atoms. The molecule has 0 aliphatic rings. The van der Waals surface area contributed by atoms with E-state index in [0.29, 0.717) is 0 Å². The topological polar surface area (TPSA) is 20.3 Å². The molecule has 0 spiro atoms. The number of carbonyl (C=O) groups is 1. The summed E-state index contributed by atoms with van der Waals surface area (Å²) in [5.41, 5.74) is 3.03. The molecule has 0 amide bonds. The molecule has 0 aliphatic heterocycles. The summed E-state index contributed by atoms with van der Waals surface area (Å²) in [4.78, 5) is 13.0. The van der Waals surface area contributed by atoms with Crippen molar-refractivity contribution >= 4 is 12.0 Å². The van der Waals surface area contributed by atoms with E-state index in [9.17, 15) is 4.79 Å². The number of hydrogen-bond donors (Lipinski definition) is 0. The first-order chi connectivity index (χ1) is 7.69. The van der Waals surface area contributed by atoms with Gasteiger partial charge in [-0.1, -0.05) is 19.8 Å². The summed E-state index contributed by atoms with van der Waals surface area (Å²) >= 11 is 0. The fourth-order valence-electron chi connectivity index (χ4n) is 1.76. The molecule has 2 nitrogen and oxygen atoms in total. The SMILES string of the molecule is CCCCCN(C)c1ccc(C=O)c(C)c1. The number of unbranched alkanes of at least 4 members (excludes halogenated alkanes) is 2. The Morgan fingerprint density at radius 2 is 2.06 bits per heavy atom. The van der Waals surface area contributed by atoms with Gasteiger partial charge in [-0.15, -0.1) is 0 Å². The van der Waals surface area contributed by atoms with Crippen molar-refractivity contribution in [2.24, 2.45) is 0 Å². The van der Waals surface area contributed by atoms with Crippen LogP contribution in [0.3, 0.4) is 0 Å². The van der Waals surface area contributed by atoms with Crippen LogP contribution in [0.15, 0.2) is 18.2 Å². The van der Waals surface area contributed by atoms with Crippen LogP contribution in [0.1, 0.15) is 42.1 Å². The fourth-order valence-corrected chi connectivity index (χ4v) is 1.76. The largest absolute Gasteiger partial charge is 0.375 e. The standard InChI is InChI=1S/C14H21NO/c1-4-5-6-9-15(3)14-8-7-13(11-16)12(2)10-14/h7-8,10-11H,4-6,9H2,1-3H3. The number of anilines is 1. The molecule has 0 saturated heterocycles. The van der Waals surface area contributed by atoms with E-state index >= 15 is 0 Å². The molecule has 16 heavy (non-hydrogen) atoms. The van der Waals surface area contributed by atoms with E-state index in [1.807, 2.05) is 19.1 Å². The van der Waals surface area contributed by atoms with E-state index in [2.05, 4.69) is 24.9 Å². The lowest BCUT2D eigenvalue weighted by Crippen LogP contribution is -2.18. The van der Waals surface area contributed by atoms with Gasteiger partial charge < -0.3 is 4.90 Å². The van der Waals surface area contributed by atoms with Crippen molar-refractivity contribution in [1.29, 1.82) is 0 Å². The minimum absolute atomic E-state index is 0.783. The van der Waals surface area contributed by atoms with Gasteiger partial charge in [0.1, 0.15) is 6.29 Å². The summed E-state index contributed by atoms with van der Waals surface area (Å²) in [6.07, 6.45) is 4.66. The van der Waals surface area contributed by atoms with Crippen LogP contribution in [0.25, 0.3) is 0 Å². The molecule has 0 heterocycles. The van der Waals surface area contributed by atoms with Gasteiger partial charge in [0.2, 0.25) is 0 Å². The maximum Gasteiger partial charge on any atom is 0.150 e. The van der Waals surface area contributed by atoms with E-state index < -0.39 is 0 Å². The maximum absolute atomic E-state index is 10.7. The van der Waals surface area contributed by atoms with E-state index in [1.165, 1.54) is 24.9 Å².